The number of aromatic nitrogens is 1. The van der Waals surface area contributed by atoms with Crippen molar-refractivity contribution in [2.24, 2.45) is 0 Å². The highest BCUT2D eigenvalue weighted by Gasteiger charge is 2.18. The molecule has 2 aromatic carbocycles. The van der Waals surface area contributed by atoms with Gasteiger partial charge in [-0.3, -0.25) is 4.79 Å². The van der Waals surface area contributed by atoms with Gasteiger partial charge in [0.25, 0.3) is 0 Å². The van der Waals surface area contributed by atoms with Crippen LogP contribution in [0.15, 0.2) is 42.5 Å². The first-order valence-electron chi connectivity index (χ1n) is 8.58. The number of aromatic amines is 1. The number of hydrogen-bond acceptors (Lipinski definition) is 2. The third-order valence-corrected chi connectivity index (χ3v) is 4.71. The molecule has 0 saturated carbocycles. The van der Waals surface area contributed by atoms with Crippen molar-refractivity contribution in [2.75, 3.05) is 0 Å². The van der Waals surface area contributed by atoms with E-state index in [0.717, 1.165) is 23.4 Å². The lowest BCUT2D eigenvalue weighted by Crippen LogP contribution is -2.03. The predicted octanol–water partition coefficient (Wildman–Crippen LogP) is 5.85. The van der Waals surface area contributed by atoms with Crippen LogP contribution in [0.5, 0.6) is 5.75 Å². The van der Waals surface area contributed by atoms with Crippen molar-refractivity contribution in [3.05, 3.63) is 64.3 Å². The van der Waals surface area contributed by atoms with Crippen LogP contribution in [0.1, 0.15) is 49.9 Å². The summed E-state index contributed by atoms with van der Waals surface area (Å²) < 4.78 is 5.12. The molecule has 0 fully saturated rings. The molecule has 0 spiro atoms. The van der Waals surface area contributed by atoms with Gasteiger partial charge in [0.2, 0.25) is 0 Å². The first-order valence-corrected chi connectivity index (χ1v) is 8.95. The molecule has 4 heteroatoms. The number of rotatable bonds is 5. The Morgan fingerprint density at radius 3 is 2.56 bits per heavy atom. The van der Waals surface area contributed by atoms with Crippen LogP contribution in [-0.4, -0.2) is 11.0 Å². The first kappa shape index (κ1) is 17.6. The molecule has 1 atom stereocenters. The summed E-state index contributed by atoms with van der Waals surface area (Å²) in [6.45, 7) is 5.78. The van der Waals surface area contributed by atoms with E-state index >= 15 is 0 Å². The Kier molecular flexibility index (Phi) is 5.14. The Hall–Kier alpha value is -2.26. The highest BCUT2D eigenvalue weighted by atomic mass is 35.5. The third kappa shape index (κ3) is 3.72. The number of halogens is 1. The second-order valence-electron chi connectivity index (χ2n) is 6.34. The highest BCUT2D eigenvalue weighted by Crippen LogP contribution is 2.34. The summed E-state index contributed by atoms with van der Waals surface area (Å²) in [4.78, 5) is 14.6. The van der Waals surface area contributed by atoms with Gasteiger partial charge in [-0.2, -0.15) is 0 Å². The maximum absolute atomic E-state index is 11.1. The standard InChI is InChI=1S/C21H22ClNO2/c1-4-5-18-19-12-16(22)8-11-20(19)23-21(18)13(2)15-6-9-17(10-7-15)25-14(3)24/h6-13,23H,4-5H2,1-3H3. The van der Waals surface area contributed by atoms with Gasteiger partial charge in [0, 0.05) is 34.5 Å². The lowest BCUT2D eigenvalue weighted by Gasteiger charge is -2.14. The molecule has 0 radical (unpaired) electrons. The molecule has 1 N–H and O–H groups in total. The number of nitrogens with one attached hydrogen (secondary N) is 1. The molecule has 0 saturated heterocycles. The van der Waals surface area contributed by atoms with Crippen molar-refractivity contribution in [3.8, 4) is 5.75 Å². The molecular formula is C21H22ClNO2. The largest absolute Gasteiger partial charge is 0.427 e. The molecule has 25 heavy (non-hydrogen) atoms. The Morgan fingerprint density at radius 1 is 1.20 bits per heavy atom. The van der Waals surface area contributed by atoms with E-state index in [4.69, 9.17) is 16.3 Å². The van der Waals surface area contributed by atoms with Crippen LogP contribution in [0.2, 0.25) is 5.02 Å². The van der Waals surface area contributed by atoms with Crippen molar-refractivity contribution < 1.29 is 9.53 Å². The Balaban J connectivity index is 1.99. The van der Waals surface area contributed by atoms with E-state index in [0.29, 0.717) is 5.75 Å². The van der Waals surface area contributed by atoms with Crippen LogP contribution in [0.4, 0.5) is 0 Å². The molecular weight excluding hydrogens is 334 g/mol. The molecule has 0 bridgehead atoms. The quantitative estimate of drug-likeness (QED) is 0.460. The molecule has 1 unspecified atom stereocenters. The van der Waals surface area contributed by atoms with Gasteiger partial charge in [-0.25, -0.2) is 0 Å². The normalized spacial score (nSPS) is 12.3. The number of hydrogen-bond donors (Lipinski definition) is 1. The van der Waals surface area contributed by atoms with Crippen LogP contribution in [-0.2, 0) is 11.2 Å². The molecule has 3 nitrogen and oxygen atoms in total. The lowest BCUT2D eigenvalue weighted by atomic mass is 9.93. The van der Waals surface area contributed by atoms with Gasteiger partial charge in [0.1, 0.15) is 5.75 Å². The van der Waals surface area contributed by atoms with E-state index in [9.17, 15) is 4.79 Å². The van der Waals surface area contributed by atoms with Crippen LogP contribution in [0, 0.1) is 0 Å². The topological polar surface area (TPSA) is 42.1 Å². The number of fused-ring (bicyclic) bond motifs is 1. The molecule has 0 aliphatic carbocycles. The van der Waals surface area contributed by atoms with E-state index in [1.54, 1.807) is 0 Å². The third-order valence-electron chi connectivity index (χ3n) is 4.48. The van der Waals surface area contributed by atoms with Crippen molar-refractivity contribution in [1.82, 2.24) is 4.98 Å². The molecule has 0 aliphatic heterocycles. The Labute approximate surface area is 153 Å². The first-order chi connectivity index (χ1) is 12.0. The smallest absolute Gasteiger partial charge is 0.308 e. The van der Waals surface area contributed by atoms with Crippen LogP contribution < -0.4 is 4.74 Å². The van der Waals surface area contributed by atoms with E-state index < -0.39 is 0 Å². The zero-order chi connectivity index (χ0) is 18.0. The number of benzene rings is 2. The van der Waals surface area contributed by atoms with Gasteiger partial charge < -0.3 is 9.72 Å². The monoisotopic (exact) mass is 355 g/mol. The second kappa shape index (κ2) is 7.32. The molecule has 3 aromatic rings. The molecule has 0 amide bonds. The van der Waals surface area contributed by atoms with Crippen molar-refractivity contribution >= 4 is 28.5 Å². The lowest BCUT2D eigenvalue weighted by molar-refractivity contribution is -0.131. The molecule has 0 aliphatic rings. The number of carbonyl (C=O) groups excluding carboxylic acids is 1. The fourth-order valence-electron chi connectivity index (χ4n) is 3.29. The minimum absolute atomic E-state index is 0.208. The molecule has 3 rings (SSSR count). The van der Waals surface area contributed by atoms with Crippen LogP contribution in [0.3, 0.4) is 0 Å². The SMILES string of the molecule is CCCc1c(C(C)c2ccc(OC(C)=O)cc2)[nH]c2ccc(Cl)cc12. The number of aryl methyl sites for hydroxylation is 1. The molecule has 1 aromatic heterocycles. The van der Waals surface area contributed by atoms with Crippen LogP contribution >= 0.6 is 11.6 Å². The number of carbonyl (C=O) groups is 1. The number of H-pyrrole nitrogens is 1. The molecule has 1 heterocycles. The average molecular weight is 356 g/mol. The van der Waals surface area contributed by atoms with Crippen molar-refractivity contribution in [3.63, 3.8) is 0 Å². The summed E-state index contributed by atoms with van der Waals surface area (Å²) in [5.41, 5.74) is 4.84. The highest BCUT2D eigenvalue weighted by molar-refractivity contribution is 6.31. The number of esters is 1. The summed E-state index contributed by atoms with van der Waals surface area (Å²) in [7, 11) is 0. The van der Waals surface area contributed by atoms with Gasteiger partial charge >= 0.3 is 5.97 Å². The maximum atomic E-state index is 11.1. The van der Waals surface area contributed by atoms with E-state index in [1.165, 1.54) is 29.1 Å². The summed E-state index contributed by atoms with van der Waals surface area (Å²) in [6, 6.07) is 13.7. The molecule has 130 valence electrons. The summed E-state index contributed by atoms with van der Waals surface area (Å²) >= 11 is 6.20. The summed E-state index contributed by atoms with van der Waals surface area (Å²) in [5, 5.41) is 1.96. The van der Waals surface area contributed by atoms with Gasteiger partial charge in [0.05, 0.1) is 0 Å². The minimum Gasteiger partial charge on any atom is -0.427 e. The fraction of sp³-hybridized carbons (Fsp3) is 0.286. The van der Waals surface area contributed by atoms with E-state index in [-0.39, 0.29) is 11.9 Å². The van der Waals surface area contributed by atoms with Crippen molar-refractivity contribution in [1.29, 1.82) is 0 Å². The zero-order valence-electron chi connectivity index (χ0n) is 14.7. The maximum Gasteiger partial charge on any atom is 0.308 e. The summed E-state index contributed by atoms with van der Waals surface area (Å²) in [6.07, 6.45) is 2.08. The van der Waals surface area contributed by atoms with E-state index in [2.05, 4.69) is 18.8 Å². The predicted molar refractivity (Wildman–Crippen MR) is 103 cm³/mol. The minimum atomic E-state index is -0.307. The Morgan fingerprint density at radius 2 is 1.92 bits per heavy atom. The van der Waals surface area contributed by atoms with Gasteiger partial charge in [-0.1, -0.05) is 44.0 Å². The number of ether oxygens (including phenoxy) is 1. The van der Waals surface area contributed by atoms with E-state index in [1.807, 2.05) is 42.5 Å². The van der Waals surface area contributed by atoms with Gasteiger partial charge in [-0.15, -0.1) is 0 Å². The van der Waals surface area contributed by atoms with Gasteiger partial charge in [0.15, 0.2) is 0 Å². The average Bonchev–Trinajstić information content (AvgIpc) is 2.93. The Bertz CT molecular complexity index is 896. The fourth-order valence-corrected chi connectivity index (χ4v) is 3.46. The second-order valence-corrected chi connectivity index (χ2v) is 6.78. The van der Waals surface area contributed by atoms with Crippen LogP contribution in [0.25, 0.3) is 10.9 Å². The van der Waals surface area contributed by atoms with Crippen molar-refractivity contribution in [2.45, 2.75) is 39.5 Å². The summed E-state index contributed by atoms with van der Waals surface area (Å²) in [5.74, 6) is 0.471. The zero-order valence-corrected chi connectivity index (χ0v) is 15.5. The van der Waals surface area contributed by atoms with Gasteiger partial charge in [-0.05, 0) is 47.9 Å².